The monoisotopic (exact) mass is 244 g/mol. The Labute approximate surface area is 86.4 Å². The SMILES string of the molecule is CC.CC1=C2N=CC=NC2C(C)[Se]1. The molecule has 2 nitrogen and oxygen atoms in total. The van der Waals surface area contributed by atoms with Gasteiger partial charge >= 0.3 is 72.2 Å². The van der Waals surface area contributed by atoms with Crippen LogP contribution in [0.1, 0.15) is 27.7 Å². The molecule has 0 aromatic heterocycles. The molecule has 72 valence electrons. The van der Waals surface area contributed by atoms with Crippen molar-refractivity contribution in [3.05, 3.63) is 10.2 Å². The van der Waals surface area contributed by atoms with Crippen molar-refractivity contribution < 1.29 is 0 Å². The number of hydrogen-bond acceptors (Lipinski definition) is 2. The molecule has 0 spiro atoms. The minimum atomic E-state index is 0.389. The van der Waals surface area contributed by atoms with Gasteiger partial charge in [0.15, 0.2) is 0 Å². The van der Waals surface area contributed by atoms with E-state index >= 15 is 0 Å². The predicted molar refractivity (Wildman–Crippen MR) is 60.0 cm³/mol. The summed E-state index contributed by atoms with van der Waals surface area (Å²) in [7, 11) is 0. The van der Waals surface area contributed by atoms with E-state index < -0.39 is 0 Å². The molecule has 0 N–H and O–H groups in total. The van der Waals surface area contributed by atoms with Gasteiger partial charge in [0.2, 0.25) is 0 Å². The summed E-state index contributed by atoms with van der Waals surface area (Å²) < 4.78 is 1.48. The number of hydrogen-bond donors (Lipinski definition) is 0. The summed E-state index contributed by atoms with van der Waals surface area (Å²) in [6.45, 7) is 8.45. The van der Waals surface area contributed by atoms with E-state index in [0.717, 1.165) is 0 Å². The molecule has 2 unspecified atom stereocenters. The van der Waals surface area contributed by atoms with Crippen LogP contribution in [0.15, 0.2) is 20.2 Å². The van der Waals surface area contributed by atoms with Crippen LogP contribution in [0.2, 0.25) is 4.82 Å². The first kappa shape index (κ1) is 10.7. The average molecular weight is 243 g/mol. The van der Waals surface area contributed by atoms with E-state index in [1.807, 2.05) is 20.1 Å². The van der Waals surface area contributed by atoms with Crippen LogP contribution in [-0.2, 0) is 0 Å². The van der Waals surface area contributed by atoms with Gasteiger partial charge in [0.1, 0.15) is 0 Å². The van der Waals surface area contributed by atoms with Gasteiger partial charge in [-0.2, -0.15) is 0 Å². The van der Waals surface area contributed by atoms with Crippen LogP contribution in [0.25, 0.3) is 0 Å². The van der Waals surface area contributed by atoms with Crippen molar-refractivity contribution in [2.75, 3.05) is 0 Å². The van der Waals surface area contributed by atoms with Gasteiger partial charge in [-0.15, -0.1) is 0 Å². The fraction of sp³-hybridized carbons (Fsp3) is 0.600. The van der Waals surface area contributed by atoms with Gasteiger partial charge in [-0.25, -0.2) is 0 Å². The average Bonchev–Trinajstić information content (AvgIpc) is 2.47. The molecule has 0 aromatic rings. The van der Waals surface area contributed by atoms with E-state index in [1.54, 1.807) is 6.21 Å². The third-order valence-electron chi connectivity index (χ3n) is 1.98. The van der Waals surface area contributed by atoms with Crippen molar-refractivity contribution in [1.82, 2.24) is 0 Å². The standard InChI is InChI=1S/C8H10N2Se.C2H6/c1-5-7-8(6(2)11-5)10-4-3-9-7;1-2/h3-5,7H,1-2H3;1-2H3. The number of fused-ring (bicyclic) bond motifs is 1. The molecule has 2 aliphatic heterocycles. The van der Waals surface area contributed by atoms with Crippen LogP contribution in [0.5, 0.6) is 0 Å². The topological polar surface area (TPSA) is 24.7 Å². The quantitative estimate of drug-likeness (QED) is 0.583. The first-order chi connectivity index (χ1) is 6.29. The molecule has 2 atom stereocenters. The van der Waals surface area contributed by atoms with Crippen molar-refractivity contribution in [3.63, 3.8) is 0 Å². The van der Waals surface area contributed by atoms with Gasteiger partial charge < -0.3 is 0 Å². The Kier molecular flexibility index (Phi) is 3.89. The van der Waals surface area contributed by atoms with Crippen LogP contribution >= 0.6 is 0 Å². The van der Waals surface area contributed by atoms with Crippen molar-refractivity contribution in [2.24, 2.45) is 9.98 Å². The molecule has 0 bridgehead atoms. The molecule has 0 amide bonds. The summed E-state index contributed by atoms with van der Waals surface area (Å²) in [5, 5.41) is 0. The van der Waals surface area contributed by atoms with Crippen molar-refractivity contribution in [3.8, 4) is 0 Å². The van der Waals surface area contributed by atoms with Crippen LogP contribution in [0, 0.1) is 0 Å². The number of allylic oxidation sites excluding steroid dienone is 1. The van der Waals surface area contributed by atoms with Crippen LogP contribution in [-0.4, -0.2) is 33.4 Å². The Morgan fingerprint density at radius 2 is 2.00 bits per heavy atom. The fourth-order valence-electron chi connectivity index (χ4n) is 1.44. The second kappa shape index (κ2) is 4.73. The maximum atomic E-state index is 4.41. The zero-order valence-electron chi connectivity index (χ0n) is 8.61. The Morgan fingerprint density at radius 3 is 2.62 bits per heavy atom. The molecule has 3 heteroatoms. The number of rotatable bonds is 0. The molecule has 2 rings (SSSR count). The molecular weight excluding hydrogens is 227 g/mol. The minimum absolute atomic E-state index is 0.389. The molecule has 0 aliphatic carbocycles. The summed E-state index contributed by atoms with van der Waals surface area (Å²) in [4.78, 5) is 9.46. The summed E-state index contributed by atoms with van der Waals surface area (Å²) in [5.74, 6) is 0. The van der Waals surface area contributed by atoms with Crippen molar-refractivity contribution >= 4 is 27.4 Å². The van der Waals surface area contributed by atoms with E-state index in [9.17, 15) is 0 Å². The maximum absolute atomic E-state index is 4.41. The first-order valence-electron chi connectivity index (χ1n) is 4.72. The summed E-state index contributed by atoms with van der Waals surface area (Å²) >= 11 is 0.624. The molecule has 0 radical (unpaired) electrons. The summed E-state index contributed by atoms with van der Waals surface area (Å²) in [5.41, 5.74) is 1.24. The van der Waals surface area contributed by atoms with E-state index in [0.29, 0.717) is 25.8 Å². The van der Waals surface area contributed by atoms with E-state index in [2.05, 4.69) is 23.8 Å². The summed E-state index contributed by atoms with van der Waals surface area (Å²) in [6, 6.07) is 0.389. The van der Waals surface area contributed by atoms with E-state index in [1.165, 1.54) is 10.2 Å². The molecule has 13 heavy (non-hydrogen) atoms. The van der Waals surface area contributed by atoms with Gasteiger partial charge in [0.05, 0.1) is 0 Å². The Hall–Kier alpha value is -0.401. The fourth-order valence-corrected chi connectivity index (χ4v) is 3.91. The predicted octanol–water partition coefficient (Wildman–Crippen LogP) is 2.29. The normalized spacial score (nSPS) is 29.8. The van der Waals surface area contributed by atoms with E-state index in [-0.39, 0.29) is 0 Å². The molecule has 2 heterocycles. The Bertz CT molecular complexity index is 266. The van der Waals surface area contributed by atoms with Crippen LogP contribution in [0.4, 0.5) is 0 Å². The molecule has 0 saturated heterocycles. The molecular formula is C10H16N2Se. The Morgan fingerprint density at radius 1 is 1.31 bits per heavy atom. The number of nitrogens with zero attached hydrogens (tertiary/aromatic N) is 2. The molecule has 0 saturated carbocycles. The molecule has 2 aliphatic rings. The second-order valence-electron chi connectivity index (χ2n) is 2.79. The van der Waals surface area contributed by atoms with Gasteiger partial charge in [-0.3, -0.25) is 0 Å². The number of aliphatic imine (C=N–C) groups is 2. The van der Waals surface area contributed by atoms with Crippen LogP contribution in [0.3, 0.4) is 0 Å². The molecule has 0 aromatic carbocycles. The van der Waals surface area contributed by atoms with Gasteiger partial charge in [-0.05, 0) is 0 Å². The first-order valence-corrected chi connectivity index (χ1v) is 6.57. The zero-order chi connectivity index (χ0) is 9.84. The Balaban J connectivity index is 0.000000396. The van der Waals surface area contributed by atoms with Crippen molar-refractivity contribution in [2.45, 2.75) is 38.6 Å². The van der Waals surface area contributed by atoms with Gasteiger partial charge in [0, 0.05) is 0 Å². The summed E-state index contributed by atoms with van der Waals surface area (Å²) in [6.07, 6.45) is 3.61. The van der Waals surface area contributed by atoms with Crippen molar-refractivity contribution in [1.29, 1.82) is 0 Å². The zero-order valence-corrected chi connectivity index (χ0v) is 10.3. The molecule has 0 fully saturated rings. The van der Waals surface area contributed by atoms with Gasteiger partial charge in [-0.1, -0.05) is 13.8 Å². The second-order valence-corrected chi connectivity index (χ2v) is 6.12. The third kappa shape index (κ3) is 2.09. The third-order valence-corrected chi connectivity index (χ3v) is 4.48. The van der Waals surface area contributed by atoms with E-state index in [4.69, 9.17) is 0 Å². The van der Waals surface area contributed by atoms with Gasteiger partial charge in [0.25, 0.3) is 0 Å². The van der Waals surface area contributed by atoms with Crippen LogP contribution < -0.4 is 0 Å².